The van der Waals surface area contributed by atoms with Gasteiger partial charge in [0.1, 0.15) is 0 Å². The second-order valence-electron chi connectivity index (χ2n) is 4.17. The zero-order valence-corrected chi connectivity index (χ0v) is 7.88. The highest BCUT2D eigenvalue weighted by Crippen LogP contribution is 2.28. The summed E-state index contributed by atoms with van der Waals surface area (Å²) in [5, 5.41) is 3.43. The van der Waals surface area contributed by atoms with Crippen LogP contribution >= 0.6 is 0 Å². The van der Waals surface area contributed by atoms with Crippen molar-refractivity contribution in [2.24, 2.45) is 17.8 Å². The zero-order valence-electron chi connectivity index (χ0n) is 7.88. The Hall–Kier alpha value is -0.560. The van der Waals surface area contributed by atoms with E-state index in [4.69, 9.17) is 0 Å². The number of hydrogen-bond acceptors (Lipinski definition) is 1. The first-order chi connectivity index (χ1) is 5.77. The molecule has 0 aromatic carbocycles. The first kappa shape index (κ1) is 8.06. The van der Waals surface area contributed by atoms with Crippen molar-refractivity contribution in [3.63, 3.8) is 0 Å². The van der Waals surface area contributed by atoms with E-state index in [1.54, 1.807) is 0 Å². The highest BCUT2D eigenvalue weighted by Gasteiger charge is 2.25. The molecule has 0 bridgehead atoms. The topological polar surface area (TPSA) is 12.0 Å². The number of nitrogens with one attached hydrogen (secondary N) is 1. The number of hydrogen-bond donors (Lipinski definition) is 1. The quantitative estimate of drug-likeness (QED) is 0.623. The molecule has 1 N–H and O–H groups in total. The Bertz CT molecular complexity index is 225. The van der Waals surface area contributed by atoms with Gasteiger partial charge in [-0.05, 0) is 23.3 Å². The molecule has 1 aliphatic heterocycles. The minimum Gasteiger partial charge on any atom is -0.316 e. The molecule has 1 heteroatoms. The van der Waals surface area contributed by atoms with E-state index in [2.05, 4.69) is 37.4 Å². The van der Waals surface area contributed by atoms with Crippen molar-refractivity contribution in [1.29, 1.82) is 0 Å². The molecule has 0 aromatic rings. The zero-order chi connectivity index (χ0) is 8.55. The SMILES string of the molecule is CC(C)C1=CC2CNCC2C=C1. The predicted octanol–water partition coefficient (Wildman–Crippen LogP) is 1.97. The van der Waals surface area contributed by atoms with Crippen molar-refractivity contribution in [3.05, 3.63) is 23.8 Å². The Balaban J connectivity index is 2.15. The van der Waals surface area contributed by atoms with Gasteiger partial charge in [-0.3, -0.25) is 0 Å². The van der Waals surface area contributed by atoms with E-state index in [-0.39, 0.29) is 0 Å². The van der Waals surface area contributed by atoms with E-state index in [1.807, 2.05) is 0 Å². The fraction of sp³-hybridized carbons (Fsp3) is 0.636. The Morgan fingerprint density at radius 1 is 1.33 bits per heavy atom. The third-order valence-electron chi connectivity index (χ3n) is 2.92. The van der Waals surface area contributed by atoms with E-state index < -0.39 is 0 Å². The Labute approximate surface area is 74.5 Å². The van der Waals surface area contributed by atoms with Crippen LogP contribution in [-0.2, 0) is 0 Å². The molecule has 1 aliphatic carbocycles. The summed E-state index contributed by atoms with van der Waals surface area (Å²) in [7, 11) is 0. The van der Waals surface area contributed by atoms with Gasteiger partial charge in [-0.2, -0.15) is 0 Å². The van der Waals surface area contributed by atoms with Crippen LogP contribution in [0.15, 0.2) is 23.8 Å². The average Bonchev–Trinajstić information content (AvgIpc) is 2.49. The van der Waals surface area contributed by atoms with E-state index >= 15 is 0 Å². The van der Waals surface area contributed by atoms with Crippen molar-refractivity contribution in [3.8, 4) is 0 Å². The van der Waals surface area contributed by atoms with Gasteiger partial charge < -0.3 is 5.32 Å². The Morgan fingerprint density at radius 3 is 2.83 bits per heavy atom. The monoisotopic (exact) mass is 163 g/mol. The molecule has 0 aromatic heterocycles. The van der Waals surface area contributed by atoms with Gasteiger partial charge in [0.2, 0.25) is 0 Å². The van der Waals surface area contributed by atoms with Gasteiger partial charge in [-0.15, -0.1) is 0 Å². The normalized spacial score (nSPS) is 33.8. The molecule has 2 rings (SSSR count). The van der Waals surface area contributed by atoms with Crippen molar-refractivity contribution in [2.45, 2.75) is 13.8 Å². The van der Waals surface area contributed by atoms with E-state index in [0.717, 1.165) is 11.8 Å². The maximum Gasteiger partial charge on any atom is 0.00208 e. The lowest BCUT2D eigenvalue weighted by atomic mass is 9.85. The standard InChI is InChI=1S/C11H17N/c1-8(2)9-3-4-10-6-12-7-11(10)5-9/h3-5,8,10-12H,6-7H2,1-2H3. The Morgan fingerprint density at radius 2 is 2.08 bits per heavy atom. The van der Waals surface area contributed by atoms with E-state index in [1.165, 1.54) is 18.7 Å². The van der Waals surface area contributed by atoms with Gasteiger partial charge >= 0.3 is 0 Å². The minimum absolute atomic E-state index is 0.683. The van der Waals surface area contributed by atoms with Gasteiger partial charge in [0.05, 0.1) is 0 Å². The van der Waals surface area contributed by atoms with Crippen LogP contribution in [0.2, 0.25) is 0 Å². The molecule has 1 fully saturated rings. The van der Waals surface area contributed by atoms with Crippen LogP contribution in [0.25, 0.3) is 0 Å². The van der Waals surface area contributed by atoms with Gasteiger partial charge in [-0.25, -0.2) is 0 Å². The summed E-state index contributed by atoms with van der Waals surface area (Å²) >= 11 is 0. The average molecular weight is 163 g/mol. The molecule has 2 atom stereocenters. The third-order valence-corrected chi connectivity index (χ3v) is 2.92. The third kappa shape index (κ3) is 1.34. The second-order valence-corrected chi connectivity index (χ2v) is 4.17. The summed E-state index contributed by atoms with van der Waals surface area (Å²) in [6, 6.07) is 0. The lowest BCUT2D eigenvalue weighted by Gasteiger charge is -2.19. The van der Waals surface area contributed by atoms with Crippen LogP contribution < -0.4 is 5.32 Å². The van der Waals surface area contributed by atoms with Crippen molar-refractivity contribution in [2.75, 3.05) is 13.1 Å². The van der Waals surface area contributed by atoms with Crippen LogP contribution in [0.4, 0.5) is 0 Å². The molecule has 1 saturated heterocycles. The van der Waals surface area contributed by atoms with Crippen LogP contribution in [0.1, 0.15) is 13.8 Å². The van der Waals surface area contributed by atoms with Crippen molar-refractivity contribution >= 4 is 0 Å². The van der Waals surface area contributed by atoms with Crippen LogP contribution in [-0.4, -0.2) is 13.1 Å². The van der Waals surface area contributed by atoms with Gasteiger partial charge in [0.15, 0.2) is 0 Å². The van der Waals surface area contributed by atoms with Crippen LogP contribution in [0.3, 0.4) is 0 Å². The summed E-state index contributed by atoms with van der Waals surface area (Å²) in [5.41, 5.74) is 1.51. The molecule has 12 heavy (non-hydrogen) atoms. The molecule has 0 spiro atoms. The van der Waals surface area contributed by atoms with Gasteiger partial charge in [-0.1, -0.05) is 32.1 Å². The number of allylic oxidation sites excluding steroid dienone is 2. The molecule has 0 radical (unpaired) electrons. The molecule has 0 amide bonds. The molecular formula is C11H17N. The molecular weight excluding hydrogens is 146 g/mol. The minimum atomic E-state index is 0.683. The smallest absolute Gasteiger partial charge is 0.00208 e. The van der Waals surface area contributed by atoms with Gasteiger partial charge in [0.25, 0.3) is 0 Å². The summed E-state index contributed by atoms with van der Waals surface area (Å²) in [5.74, 6) is 2.22. The first-order valence-corrected chi connectivity index (χ1v) is 4.88. The van der Waals surface area contributed by atoms with Crippen LogP contribution in [0.5, 0.6) is 0 Å². The summed E-state index contributed by atoms with van der Waals surface area (Å²) in [6.07, 6.45) is 7.13. The summed E-state index contributed by atoms with van der Waals surface area (Å²) in [6.45, 7) is 6.87. The van der Waals surface area contributed by atoms with Gasteiger partial charge in [0, 0.05) is 13.1 Å². The molecule has 1 heterocycles. The maximum absolute atomic E-state index is 3.43. The highest BCUT2D eigenvalue weighted by atomic mass is 14.9. The lowest BCUT2D eigenvalue weighted by Crippen LogP contribution is -2.12. The molecule has 2 unspecified atom stereocenters. The predicted molar refractivity (Wildman–Crippen MR) is 51.9 cm³/mol. The second kappa shape index (κ2) is 3.06. The van der Waals surface area contributed by atoms with Crippen molar-refractivity contribution in [1.82, 2.24) is 5.32 Å². The Kier molecular flexibility index (Phi) is 2.05. The van der Waals surface area contributed by atoms with Crippen molar-refractivity contribution < 1.29 is 0 Å². The fourth-order valence-corrected chi connectivity index (χ4v) is 2.04. The number of fused-ring (bicyclic) bond motifs is 1. The summed E-state index contributed by atoms with van der Waals surface area (Å²) in [4.78, 5) is 0. The number of rotatable bonds is 1. The summed E-state index contributed by atoms with van der Waals surface area (Å²) < 4.78 is 0. The van der Waals surface area contributed by atoms with E-state index in [0.29, 0.717) is 5.92 Å². The molecule has 66 valence electrons. The molecule has 0 saturated carbocycles. The van der Waals surface area contributed by atoms with E-state index in [9.17, 15) is 0 Å². The largest absolute Gasteiger partial charge is 0.316 e. The fourth-order valence-electron chi connectivity index (χ4n) is 2.04. The maximum atomic E-state index is 3.43. The first-order valence-electron chi connectivity index (χ1n) is 4.88. The van der Waals surface area contributed by atoms with Crippen LogP contribution in [0, 0.1) is 17.8 Å². The molecule has 1 nitrogen and oxygen atoms in total. The highest BCUT2D eigenvalue weighted by molar-refractivity contribution is 5.28. The lowest BCUT2D eigenvalue weighted by molar-refractivity contribution is 0.578. The molecule has 2 aliphatic rings.